The molecule has 0 bridgehead atoms. The number of carboxylic acid groups (broad SMARTS) is 1. The lowest BCUT2D eigenvalue weighted by Crippen LogP contribution is -2.40. The second kappa shape index (κ2) is 83.3. The number of unbranched alkanes of at least 4 members (excludes halogenated alkanes) is 46. The maximum absolute atomic E-state index is 13.0. The number of hydrogen-bond donors (Lipinski definition) is 1. The zero-order valence-corrected chi connectivity index (χ0v) is 68.2. The Morgan fingerprint density at radius 3 is 0.777 bits per heavy atom. The number of rotatable bonds is 81. The normalized spacial score (nSPS) is 13.2. The molecule has 2 unspecified atom stereocenters. The number of esters is 2. The minimum atomic E-state index is -1.51. The van der Waals surface area contributed by atoms with Gasteiger partial charge in [-0.15, -0.1) is 0 Å². The zero-order chi connectivity index (χ0) is 74.6. The van der Waals surface area contributed by atoms with Crippen LogP contribution in [0.4, 0.5) is 0 Å². The molecule has 1 N–H and O–H groups in total. The smallest absolute Gasteiger partial charge is 0.361 e. The molecule has 0 aliphatic rings. The Kier molecular flexibility index (Phi) is 79.8. The standard InChI is InChI=1S/C94H165NO8/c1-6-8-10-12-14-16-18-20-22-24-26-28-30-32-34-36-38-40-42-44-45-46-47-49-51-53-55-57-59-61-63-65-67-69-71-73-75-77-79-81-83-85-92(97)103-90(89-102-94(93(98)99)100-87-86-95(3,4)5)88-101-91(96)84-82-80-78-76-74-72-70-68-66-64-62-60-58-56-54-52-50-48-43-41-39-37-35-33-31-29-27-25-23-21-19-17-15-13-11-9-7-2/h8-11,14-17,20-23,26-29,32-35,90,94H,6-7,12-13,18-19,24-25,30-31,36-89H2,1-5H3/p+1/b10-8-,11-9-,16-14-,17-15-,22-20-,23-21-,28-26-,29-27-,34-32-,35-33-. The predicted molar refractivity (Wildman–Crippen MR) is 447 cm³/mol. The molecule has 0 aliphatic carbocycles. The van der Waals surface area contributed by atoms with Crippen LogP contribution < -0.4 is 0 Å². The second-order valence-corrected chi connectivity index (χ2v) is 30.4. The highest BCUT2D eigenvalue weighted by atomic mass is 16.7. The van der Waals surface area contributed by atoms with E-state index < -0.39 is 18.4 Å². The molecule has 0 aromatic carbocycles. The molecule has 0 saturated carbocycles. The molecule has 0 aromatic heterocycles. The molecule has 594 valence electrons. The summed E-state index contributed by atoms with van der Waals surface area (Å²) in [6, 6.07) is 0. The lowest BCUT2D eigenvalue weighted by atomic mass is 10.0. The lowest BCUT2D eigenvalue weighted by Gasteiger charge is -2.25. The van der Waals surface area contributed by atoms with Gasteiger partial charge in [0.25, 0.3) is 6.29 Å². The number of hydrogen-bond acceptors (Lipinski definition) is 7. The van der Waals surface area contributed by atoms with Crippen molar-refractivity contribution >= 4 is 17.9 Å². The third-order valence-corrected chi connectivity index (χ3v) is 19.2. The second-order valence-electron chi connectivity index (χ2n) is 30.4. The third-order valence-electron chi connectivity index (χ3n) is 19.2. The molecular weight excluding hydrogens is 1270 g/mol. The fourth-order valence-corrected chi connectivity index (χ4v) is 12.7. The molecule has 2 atom stereocenters. The molecule has 0 rings (SSSR count). The van der Waals surface area contributed by atoms with Crippen LogP contribution in [0.5, 0.6) is 0 Å². The van der Waals surface area contributed by atoms with E-state index in [0.717, 1.165) is 103 Å². The van der Waals surface area contributed by atoms with Crippen LogP contribution in [0.25, 0.3) is 0 Å². The molecule has 9 heteroatoms. The van der Waals surface area contributed by atoms with Gasteiger partial charge in [0, 0.05) is 12.8 Å². The Hall–Kier alpha value is -4.31. The van der Waals surface area contributed by atoms with Crippen LogP contribution in [-0.2, 0) is 33.3 Å². The van der Waals surface area contributed by atoms with Crippen molar-refractivity contribution in [3.05, 3.63) is 122 Å². The number of ether oxygens (including phenoxy) is 4. The van der Waals surface area contributed by atoms with E-state index in [-0.39, 0.29) is 38.2 Å². The Morgan fingerprint density at radius 2 is 0.524 bits per heavy atom. The van der Waals surface area contributed by atoms with Gasteiger partial charge in [-0.2, -0.15) is 0 Å². The third kappa shape index (κ3) is 84.8. The summed E-state index contributed by atoms with van der Waals surface area (Å²) >= 11 is 0. The molecule has 0 radical (unpaired) electrons. The summed E-state index contributed by atoms with van der Waals surface area (Å²) in [5.41, 5.74) is 0. The van der Waals surface area contributed by atoms with Gasteiger partial charge < -0.3 is 28.5 Å². The highest BCUT2D eigenvalue weighted by Gasteiger charge is 2.25. The largest absolute Gasteiger partial charge is 0.477 e. The average molecular weight is 1440 g/mol. The number of nitrogens with zero attached hydrogens (tertiary/aromatic N) is 1. The van der Waals surface area contributed by atoms with Crippen molar-refractivity contribution in [3.8, 4) is 0 Å². The van der Waals surface area contributed by atoms with Gasteiger partial charge in [0.2, 0.25) is 0 Å². The maximum Gasteiger partial charge on any atom is 0.361 e. The summed E-state index contributed by atoms with van der Waals surface area (Å²) in [5, 5.41) is 9.79. The molecular formula is C94H166NO8+. The quantitative estimate of drug-likeness (QED) is 0.0211. The number of quaternary nitrogens is 1. The highest BCUT2D eigenvalue weighted by molar-refractivity contribution is 5.71. The molecule has 103 heavy (non-hydrogen) atoms. The van der Waals surface area contributed by atoms with E-state index in [0.29, 0.717) is 17.4 Å². The maximum atomic E-state index is 13.0. The molecule has 0 fully saturated rings. The summed E-state index contributed by atoms with van der Waals surface area (Å²) in [6.45, 7) is 4.70. The van der Waals surface area contributed by atoms with Gasteiger partial charge in [-0.3, -0.25) is 9.59 Å². The van der Waals surface area contributed by atoms with Crippen LogP contribution in [0, 0.1) is 0 Å². The van der Waals surface area contributed by atoms with E-state index >= 15 is 0 Å². The Morgan fingerprint density at radius 1 is 0.291 bits per heavy atom. The number of likely N-dealkylation sites (N-methyl/N-ethyl adjacent to an activating group) is 1. The van der Waals surface area contributed by atoms with Gasteiger partial charge in [0.1, 0.15) is 13.2 Å². The molecule has 0 saturated heterocycles. The van der Waals surface area contributed by atoms with Crippen LogP contribution in [-0.4, -0.2) is 87.4 Å². The Labute approximate surface area is 637 Å². The Balaban J connectivity index is 3.93. The van der Waals surface area contributed by atoms with Gasteiger partial charge in [-0.1, -0.05) is 405 Å². The van der Waals surface area contributed by atoms with Crippen molar-refractivity contribution in [2.45, 2.75) is 411 Å². The number of carboxylic acids is 1. The van der Waals surface area contributed by atoms with Crippen molar-refractivity contribution < 1.29 is 42.9 Å². The fourth-order valence-electron chi connectivity index (χ4n) is 12.7. The first kappa shape index (κ1) is 98.7. The van der Waals surface area contributed by atoms with Crippen LogP contribution >= 0.6 is 0 Å². The number of allylic oxidation sites excluding steroid dienone is 20. The van der Waals surface area contributed by atoms with Crippen LogP contribution in [0.15, 0.2) is 122 Å². The van der Waals surface area contributed by atoms with Crippen LogP contribution in [0.1, 0.15) is 399 Å². The van der Waals surface area contributed by atoms with Gasteiger partial charge in [-0.25, -0.2) is 4.79 Å². The summed E-state index contributed by atoms with van der Waals surface area (Å²) in [7, 11) is 6.00. The van der Waals surface area contributed by atoms with Gasteiger partial charge in [0.05, 0.1) is 34.4 Å². The minimum absolute atomic E-state index is 0.180. The van der Waals surface area contributed by atoms with E-state index in [4.69, 9.17) is 18.9 Å². The van der Waals surface area contributed by atoms with Gasteiger partial charge in [0.15, 0.2) is 6.10 Å². The first-order valence-electron chi connectivity index (χ1n) is 43.7. The molecule has 0 aromatic rings. The van der Waals surface area contributed by atoms with Gasteiger partial charge >= 0.3 is 17.9 Å². The number of carbonyl (C=O) groups excluding carboxylic acids is 2. The summed E-state index contributed by atoms with van der Waals surface area (Å²) in [6.07, 6.45) is 117. The Bertz CT molecular complexity index is 2120. The van der Waals surface area contributed by atoms with Crippen molar-refractivity contribution in [1.29, 1.82) is 0 Å². The van der Waals surface area contributed by atoms with Crippen LogP contribution in [0.2, 0.25) is 0 Å². The van der Waals surface area contributed by atoms with E-state index in [1.54, 1.807) is 0 Å². The summed E-state index contributed by atoms with van der Waals surface area (Å²) < 4.78 is 23.1. The lowest BCUT2D eigenvalue weighted by molar-refractivity contribution is -0.870. The molecule has 0 aliphatic heterocycles. The SMILES string of the molecule is CC/C=C\C/C=C\C/C=C\C/C=C\C/C=C\CCCCCCCCCCCCCCCCCCCCCCCCCCCC(=O)OC(COC(=O)CCCCCCCCCCCCCCCCCCCCCCC/C=C\C/C=C\C/C=C\C/C=C\C/C=C\CC)COC(OCC[N+](C)(C)C)C(=O)O. The van der Waals surface area contributed by atoms with Gasteiger partial charge in [-0.05, 0) is 103 Å². The summed E-state index contributed by atoms with van der Waals surface area (Å²) in [5.74, 6) is -1.98. The van der Waals surface area contributed by atoms with Crippen LogP contribution in [0.3, 0.4) is 0 Å². The van der Waals surface area contributed by atoms with Crippen molar-refractivity contribution in [2.24, 2.45) is 0 Å². The van der Waals surface area contributed by atoms with E-state index in [1.807, 2.05) is 21.1 Å². The molecule has 0 spiro atoms. The van der Waals surface area contributed by atoms with E-state index in [9.17, 15) is 19.5 Å². The van der Waals surface area contributed by atoms with E-state index in [1.165, 1.54) is 270 Å². The highest BCUT2D eigenvalue weighted by Crippen LogP contribution is 2.20. The first-order chi connectivity index (χ1) is 50.6. The zero-order valence-electron chi connectivity index (χ0n) is 68.2. The molecule has 0 amide bonds. The molecule has 9 nitrogen and oxygen atoms in total. The van der Waals surface area contributed by atoms with Crippen molar-refractivity contribution in [1.82, 2.24) is 0 Å². The average Bonchev–Trinajstić information content (AvgIpc) is 1.01. The summed E-state index contributed by atoms with van der Waals surface area (Å²) in [4.78, 5) is 37.8. The molecule has 0 heterocycles. The number of aliphatic carboxylic acids is 1. The predicted octanol–water partition coefficient (Wildman–Crippen LogP) is 28.6. The monoisotopic (exact) mass is 1440 g/mol. The van der Waals surface area contributed by atoms with Crippen molar-refractivity contribution in [3.63, 3.8) is 0 Å². The van der Waals surface area contributed by atoms with Crippen molar-refractivity contribution in [2.75, 3.05) is 47.5 Å². The first-order valence-corrected chi connectivity index (χ1v) is 43.7. The van der Waals surface area contributed by atoms with E-state index in [2.05, 4.69) is 135 Å². The minimum Gasteiger partial charge on any atom is -0.477 e. The topological polar surface area (TPSA) is 108 Å². The fraction of sp³-hybridized carbons (Fsp3) is 0.755. The number of carbonyl (C=O) groups is 3.